The van der Waals surface area contributed by atoms with E-state index in [-0.39, 0.29) is 33.9 Å². The van der Waals surface area contributed by atoms with E-state index < -0.39 is 17.9 Å². The van der Waals surface area contributed by atoms with Crippen LogP contribution in [0.15, 0.2) is 164 Å². The average Bonchev–Trinajstić information content (AvgIpc) is 0.815. The smallest absolute Gasteiger partial charge is 0.343 e. The minimum absolute atomic E-state index is 0.101. The van der Waals surface area contributed by atoms with Crippen molar-refractivity contribution in [3.05, 3.63) is 214 Å². The van der Waals surface area contributed by atoms with Crippen molar-refractivity contribution in [2.75, 3.05) is 19.8 Å². The molecular formula is C93H102O9. The second-order valence-electron chi connectivity index (χ2n) is 25.7. The molecule has 0 heterocycles. The first kappa shape index (κ1) is 79.0. The first-order chi connectivity index (χ1) is 50.2. The summed E-state index contributed by atoms with van der Waals surface area (Å²) in [5.41, 5.74) is 4.08. The molecule has 7 aromatic carbocycles. The minimum atomic E-state index is -0.836. The Balaban J connectivity index is 0.924. The molecular weight excluding hydrogens is 1260 g/mol. The number of unbranched alkanes of at least 4 members (excludes halogenated alkanes) is 27. The molecule has 0 radical (unpaired) electrons. The summed E-state index contributed by atoms with van der Waals surface area (Å²) in [6.45, 7) is 8.87. The SMILES string of the molecule is CCCCCCCCCCCCOc1ccc(C#CC#Cc2ccc(OC(=O)c3cc(C(=O)Oc4ccc(C#CC#Cc5ccc(OCCCCCCCCCCCC)cc5)cc4)cc(C(=O)Oc4ccc(C#CC#Cc5ccc(OCCCCCCCCCCCC)cc5)cc4)c3)cc2)cc1. The van der Waals surface area contributed by atoms with Crippen molar-refractivity contribution in [3.63, 3.8) is 0 Å². The highest BCUT2D eigenvalue weighted by atomic mass is 16.5. The topological polar surface area (TPSA) is 107 Å². The molecule has 7 rings (SSSR count). The van der Waals surface area contributed by atoms with E-state index in [1.54, 1.807) is 72.8 Å². The van der Waals surface area contributed by atoms with Gasteiger partial charge in [0, 0.05) is 33.4 Å². The van der Waals surface area contributed by atoms with E-state index >= 15 is 0 Å². The maximum Gasteiger partial charge on any atom is 0.343 e. The summed E-state index contributed by atoms with van der Waals surface area (Å²) < 4.78 is 35.2. The minimum Gasteiger partial charge on any atom is -0.494 e. The molecule has 0 atom stereocenters. The predicted octanol–water partition coefficient (Wildman–Crippen LogP) is 22.5. The Morgan fingerprint density at radius 1 is 0.225 bits per heavy atom. The van der Waals surface area contributed by atoms with Crippen molar-refractivity contribution < 1.29 is 42.8 Å². The third-order valence-electron chi connectivity index (χ3n) is 17.1. The first-order valence-electron chi connectivity index (χ1n) is 37.6. The lowest BCUT2D eigenvalue weighted by atomic mass is 10.1. The average molecular weight is 1360 g/mol. The summed E-state index contributed by atoms with van der Waals surface area (Å²) in [6, 6.07) is 46.8. The molecule has 0 aliphatic carbocycles. The molecule has 9 nitrogen and oxygen atoms in total. The highest BCUT2D eigenvalue weighted by Gasteiger charge is 2.21. The Morgan fingerprint density at radius 3 is 0.578 bits per heavy atom. The number of carbonyl (C=O) groups excluding carboxylic acids is 3. The zero-order chi connectivity index (χ0) is 71.5. The van der Waals surface area contributed by atoms with Crippen LogP contribution in [0.4, 0.5) is 0 Å². The third kappa shape index (κ3) is 33.3. The van der Waals surface area contributed by atoms with E-state index in [0.717, 1.165) is 53.2 Å². The van der Waals surface area contributed by atoms with Gasteiger partial charge in [0.15, 0.2) is 0 Å². The number of hydrogen-bond donors (Lipinski definition) is 0. The molecule has 7 aromatic rings. The molecule has 0 aliphatic rings. The normalized spacial score (nSPS) is 10.3. The van der Waals surface area contributed by atoms with Gasteiger partial charge >= 0.3 is 17.9 Å². The van der Waals surface area contributed by atoms with Crippen molar-refractivity contribution in [1.29, 1.82) is 0 Å². The van der Waals surface area contributed by atoms with Gasteiger partial charge in [-0.15, -0.1) is 0 Å². The molecule has 0 spiro atoms. The number of ether oxygens (including phenoxy) is 6. The van der Waals surface area contributed by atoms with Crippen LogP contribution in [0.25, 0.3) is 0 Å². The van der Waals surface area contributed by atoms with Crippen LogP contribution in [-0.4, -0.2) is 37.7 Å². The fourth-order valence-electron chi connectivity index (χ4n) is 11.2. The maximum atomic E-state index is 13.9. The van der Waals surface area contributed by atoms with Gasteiger partial charge < -0.3 is 28.4 Å². The van der Waals surface area contributed by atoms with Gasteiger partial charge in [-0.25, -0.2) is 14.4 Å². The number of rotatable bonds is 42. The van der Waals surface area contributed by atoms with Crippen molar-refractivity contribution in [3.8, 4) is 106 Å². The number of benzene rings is 7. The summed E-state index contributed by atoms with van der Waals surface area (Å²) in [7, 11) is 0. The third-order valence-corrected chi connectivity index (χ3v) is 17.1. The number of esters is 3. The Morgan fingerprint density at radius 2 is 0.392 bits per heavy atom. The van der Waals surface area contributed by atoms with Gasteiger partial charge in [-0.2, -0.15) is 0 Å². The number of carbonyl (C=O) groups is 3. The zero-order valence-corrected chi connectivity index (χ0v) is 60.6. The molecule has 9 heteroatoms. The van der Waals surface area contributed by atoms with E-state index in [2.05, 4.69) is 91.8 Å². The van der Waals surface area contributed by atoms with Crippen molar-refractivity contribution in [1.82, 2.24) is 0 Å². The second-order valence-corrected chi connectivity index (χ2v) is 25.7. The van der Waals surface area contributed by atoms with Crippen molar-refractivity contribution in [2.45, 2.75) is 213 Å². The summed E-state index contributed by atoms with van der Waals surface area (Å²) >= 11 is 0. The van der Waals surface area contributed by atoms with E-state index in [0.29, 0.717) is 36.5 Å². The molecule has 102 heavy (non-hydrogen) atoms. The summed E-state index contributed by atoms with van der Waals surface area (Å²) in [6.07, 6.45) is 38.5. The quantitative estimate of drug-likeness (QED) is 0.0160. The monoisotopic (exact) mass is 1360 g/mol. The van der Waals surface area contributed by atoms with Crippen molar-refractivity contribution >= 4 is 17.9 Å². The van der Waals surface area contributed by atoms with Gasteiger partial charge in [0.25, 0.3) is 0 Å². The van der Waals surface area contributed by atoms with E-state index in [1.807, 2.05) is 72.8 Å². The lowest BCUT2D eigenvalue weighted by Crippen LogP contribution is -2.16. The Labute approximate surface area is 610 Å². The lowest BCUT2D eigenvalue weighted by Gasteiger charge is -2.10. The fourth-order valence-corrected chi connectivity index (χ4v) is 11.2. The summed E-state index contributed by atoms with van der Waals surface area (Å²) in [4.78, 5) is 41.8. The summed E-state index contributed by atoms with van der Waals surface area (Å²) in [5, 5.41) is 0. The van der Waals surface area contributed by atoms with E-state index in [9.17, 15) is 14.4 Å². The highest BCUT2D eigenvalue weighted by molar-refractivity contribution is 6.02. The largest absolute Gasteiger partial charge is 0.494 e. The Kier molecular flexibility index (Phi) is 38.2. The van der Waals surface area contributed by atoms with Crippen LogP contribution >= 0.6 is 0 Å². The number of hydrogen-bond acceptors (Lipinski definition) is 9. The molecule has 0 saturated carbocycles. The fraction of sp³-hybridized carbons (Fsp3) is 0.387. The zero-order valence-electron chi connectivity index (χ0n) is 60.6. The Bertz CT molecular complexity index is 3590. The highest BCUT2D eigenvalue weighted by Crippen LogP contribution is 2.24. The van der Waals surface area contributed by atoms with Gasteiger partial charge in [0.05, 0.1) is 36.5 Å². The van der Waals surface area contributed by atoms with Gasteiger partial charge in [-0.3, -0.25) is 0 Å². The van der Waals surface area contributed by atoms with Crippen molar-refractivity contribution in [2.24, 2.45) is 0 Å². The summed E-state index contributed by atoms with van der Waals surface area (Å²) in [5.74, 6) is 36.3. The molecule has 0 bridgehead atoms. The molecule has 0 fully saturated rings. The predicted molar refractivity (Wildman–Crippen MR) is 413 cm³/mol. The standard InChI is InChI=1S/C93H102O9/c1-4-7-10-13-16-19-22-25-28-37-70-97-85-58-46-76(47-59-85)40-31-34-43-79-52-64-88(65-53-79)100-91(94)82-73-83(92(95)101-89-66-54-80(55-67-89)44-35-32-41-77-48-60-86(61-49-77)98-71-38-29-26-23-20-17-14-11-8-5-2)75-84(74-82)93(96)102-90-68-56-81(57-69-90)45-36-33-42-78-50-62-87(63-51-78)99-72-39-30-27-24-21-18-15-12-9-6-3/h46-69,73-75H,4-30,37-39,70-72H2,1-3H3. The van der Waals surface area contributed by atoms with Crippen LogP contribution in [0.3, 0.4) is 0 Å². The molecule has 0 unspecified atom stereocenters. The molecule has 0 amide bonds. The Hall–Kier alpha value is -10.3. The molecule has 0 aromatic heterocycles. The van der Waals surface area contributed by atoms with Gasteiger partial charge in [0.1, 0.15) is 34.5 Å². The van der Waals surface area contributed by atoms with Crippen LogP contribution in [0, 0.1) is 71.0 Å². The van der Waals surface area contributed by atoms with Gasteiger partial charge in [-0.1, -0.05) is 230 Å². The van der Waals surface area contributed by atoms with Crippen LogP contribution in [0.1, 0.15) is 278 Å². The van der Waals surface area contributed by atoms with Crippen LogP contribution in [-0.2, 0) is 0 Å². The first-order valence-corrected chi connectivity index (χ1v) is 37.6. The maximum absolute atomic E-state index is 13.9. The van der Waals surface area contributed by atoms with E-state index in [1.165, 1.54) is 192 Å². The molecule has 0 N–H and O–H groups in total. The van der Waals surface area contributed by atoms with E-state index in [4.69, 9.17) is 28.4 Å². The molecule has 0 saturated heterocycles. The van der Waals surface area contributed by atoms with Crippen LogP contribution in [0.2, 0.25) is 0 Å². The van der Waals surface area contributed by atoms with Crippen LogP contribution < -0.4 is 28.4 Å². The molecule has 0 aliphatic heterocycles. The van der Waals surface area contributed by atoms with Gasteiger partial charge in [0.2, 0.25) is 0 Å². The molecule has 528 valence electrons. The van der Waals surface area contributed by atoms with Crippen LogP contribution in [0.5, 0.6) is 34.5 Å². The lowest BCUT2D eigenvalue weighted by molar-refractivity contribution is 0.0734. The van der Waals surface area contributed by atoms with Gasteiger partial charge in [-0.05, 0) is 219 Å². The second kappa shape index (κ2) is 49.3.